The molecule has 1 saturated carbocycles. The first-order valence-corrected chi connectivity index (χ1v) is 6.88. The van der Waals surface area contributed by atoms with E-state index in [4.69, 9.17) is 0 Å². The largest absolute Gasteiger partial charge is 0.351 e. The van der Waals surface area contributed by atoms with Crippen molar-refractivity contribution >= 4 is 27.4 Å². The summed E-state index contributed by atoms with van der Waals surface area (Å²) in [6, 6.07) is 4.52. The van der Waals surface area contributed by atoms with Crippen LogP contribution < -0.4 is 4.90 Å². The summed E-state index contributed by atoms with van der Waals surface area (Å²) >= 11 is 3.49. The number of rotatable bonds is 4. The third-order valence-electron chi connectivity index (χ3n) is 3.19. The summed E-state index contributed by atoms with van der Waals surface area (Å²) in [5, 5.41) is 16.7. The van der Waals surface area contributed by atoms with E-state index in [1.807, 2.05) is 12.1 Å². The van der Waals surface area contributed by atoms with E-state index in [0.29, 0.717) is 11.7 Å². The standard InChI is InChI=1S/C10H13BrN6/c11-6-7-16(8-2-1-3-8)10-5-4-9-12-14-15-17(9)13-10/h4-5,8H,1-3,6-7H2. The van der Waals surface area contributed by atoms with Crippen LogP contribution in [0, 0.1) is 0 Å². The van der Waals surface area contributed by atoms with Gasteiger partial charge in [0.25, 0.3) is 0 Å². The minimum Gasteiger partial charge on any atom is -0.351 e. The molecule has 0 unspecified atom stereocenters. The molecule has 0 amide bonds. The van der Waals surface area contributed by atoms with E-state index in [2.05, 4.69) is 41.5 Å². The van der Waals surface area contributed by atoms with Crippen molar-refractivity contribution in [1.82, 2.24) is 25.3 Å². The van der Waals surface area contributed by atoms with E-state index in [1.165, 1.54) is 23.9 Å². The topological polar surface area (TPSA) is 59.2 Å². The van der Waals surface area contributed by atoms with Gasteiger partial charge in [-0.3, -0.25) is 0 Å². The predicted octanol–water partition coefficient (Wildman–Crippen LogP) is 1.27. The highest BCUT2D eigenvalue weighted by Gasteiger charge is 2.25. The Morgan fingerprint density at radius 1 is 1.41 bits per heavy atom. The van der Waals surface area contributed by atoms with E-state index in [1.54, 1.807) is 0 Å². The Morgan fingerprint density at radius 3 is 3.00 bits per heavy atom. The second-order valence-corrected chi connectivity index (χ2v) is 4.98. The highest BCUT2D eigenvalue weighted by atomic mass is 79.9. The highest BCUT2D eigenvalue weighted by molar-refractivity contribution is 9.09. The molecule has 0 bridgehead atoms. The molecule has 2 aromatic heterocycles. The summed E-state index contributed by atoms with van der Waals surface area (Å²) in [5.41, 5.74) is 0.682. The fourth-order valence-electron chi connectivity index (χ4n) is 2.07. The molecule has 0 aliphatic heterocycles. The van der Waals surface area contributed by atoms with Crippen molar-refractivity contribution in [1.29, 1.82) is 0 Å². The summed E-state index contributed by atoms with van der Waals surface area (Å²) < 4.78 is 1.48. The summed E-state index contributed by atoms with van der Waals surface area (Å²) in [4.78, 5) is 2.33. The summed E-state index contributed by atoms with van der Waals surface area (Å²) in [6.07, 6.45) is 3.82. The van der Waals surface area contributed by atoms with Crippen molar-refractivity contribution in [3.8, 4) is 0 Å². The van der Waals surface area contributed by atoms with Crippen molar-refractivity contribution in [3.63, 3.8) is 0 Å². The zero-order chi connectivity index (χ0) is 11.7. The Morgan fingerprint density at radius 2 is 2.29 bits per heavy atom. The van der Waals surface area contributed by atoms with Crippen molar-refractivity contribution in [2.75, 3.05) is 16.8 Å². The number of alkyl halides is 1. The SMILES string of the molecule is BrCCN(c1ccc2nnnn2n1)C1CCC1. The lowest BCUT2D eigenvalue weighted by atomic mass is 9.91. The molecule has 2 aromatic rings. The van der Waals surface area contributed by atoms with Crippen LogP contribution in [0.1, 0.15) is 19.3 Å². The van der Waals surface area contributed by atoms with E-state index in [-0.39, 0.29) is 0 Å². The molecule has 1 aliphatic carbocycles. The fraction of sp³-hybridized carbons (Fsp3) is 0.600. The Bertz CT molecular complexity index is 508. The molecular weight excluding hydrogens is 284 g/mol. The van der Waals surface area contributed by atoms with Crippen molar-refractivity contribution in [3.05, 3.63) is 12.1 Å². The highest BCUT2D eigenvalue weighted by Crippen LogP contribution is 2.28. The second kappa shape index (κ2) is 4.56. The maximum atomic E-state index is 4.44. The lowest BCUT2D eigenvalue weighted by molar-refractivity contribution is 0.387. The zero-order valence-electron chi connectivity index (χ0n) is 9.33. The van der Waals surface area contributed by atoms with Crippen LogP contribution in [-0.4, -0.2) is 43.2 Å². The summed E-state index contributed by atoms with van der Waals surface area (Å²) in [6.45, 7) is 0.964. The van der Waals surface area contributed by atoms with Gasteiger partial charge in [0.15, 0.2) is 11.5 Å². The molecule has 0 N–H and O–H groups in total. The van der Waals surface area contributed by atoms with E-state index >= 15 is 0 Å². The van der Waals surface area contributed by atoms with Gasteiger partial charge >= 0.3 is 0 Å². The first kappa shape index (κ1) is 10.9. The first-order valence-electron chi connectivity index (χ1n) is 5.76. The average molecular weight is 297 g/mol. The molecule has 90 valence electrons. The molecule has 0 radical (unpaired) electrons. The zero-order valence-corrected chi connectivity index (χ0v) is 10.9. The van der Waals surface area contributed by atoms with E-state index in [0.717, 1.165) is 17.7 Å². The van der Waals surface area contributed by atoms with Gasteiger partial charge in [-0.1, -0.05) is 15.9 Å². The summed E-state index contributed by atoms with van der Waals surface area (Å²) in [5.74, 6) is 0.953. The second-order valence-electron chi connectivity index (χ2n) is 4.19. The number of fused-ring (bicyclic) bond motifs is 1. The smallest absolute Gasteiger partial charge is 0.200 e. The van der Waals surface area contributed by atoms with Crippen LogP contribution in [0.4, 0.5) is 5.82 Å². The molecule has 17 heavy (non-hydrogen) atoms. The fourth-order valence-corrected chi connectivity index (χ4v) is 2.45. The maximum absolute atomic E-state index is 4.44. The number of hydrogen-bond donors (Lipinski definition) is 0. The Labute approximate surface area is 107 Å². The molecule has 7 heteroatoms. The molecule has 6 nitrogen and oxygen atoms in total. The van der Waals surface area contributed by atoms with Gasteiger partial charge < -0.3 is 4.90 Å². The van der Waals surface area contributed by atoms with Gasteiger partial charge in [0.1, 0.15) is 0 Å². The lowest BCUT2D eigenvalue weighted by Crippen LogP contribution is -2.42. The van der Waals surface area contributed by atoms with Gasteiger partial charge in [-0.05, 0) is 41.8 Å². The van der Waals surface area contributed by atoms with Crippen LogP contribution in [0.5, 0.6) is 0 Å². The maximum Gasteiger partial charge on any atom is 0.200 e. The van der Waals surface area contributed by atoms with Gasteiger partial charge in [-0.2, -0.15) is 0 Å². The van der Waals surface area contributed by atoms with Gasteiger partial charge in [0, 0.05) is 17.9 Å². The Hall–Kier alpha value is -1.24. The first-order chi connectivity index (χ1) is 8.38. The number of anilines is 1. The number of aromatic nitrogens is 5. The van der Waals surface area contributed by atoms with Gasteiger partial charge in [-0.15, -0.1) is 14.8 Å². The quantitative estimate of drug-likeness (QED) is 0.796. The van der Waals surface area contributed by atoms with Crippen molar-refractivity contribution in [2.24, 2.45) is 0 Å². The normalized spacial score (nSPS) is 16.1. The summed E-state index contributed by atoms with van der Waals surface area (Å²) in [7, 11) is 0. The average Bonchev–Trinajstić information content (AvgIpc) is 2.72. The third kappa shape index (κ3) is 1.99. The number of tetrazole rings is 1. The lowest BCUT2D eigenvalue weighted by Gasteiger charge is -2.37. The number of hydrogen-bond acceptors (Lipinski definition) is 5. The number of nitrogens with zero attached hydrogens (tertiary/aromatic N) is 6. The predicted molar refractivity (Wildman–Crippen MR) is 67.4 cm³/mol. The van der Waals surface area contributed by atoms with Crippen LogP contribution in [0.25, 0.3) is 5.65 Å². The minimum absolute atomic E-state index is 0.619. The van der Waals surface area contributed by atoms with Crippen LogP contribution in [-0.2, 0) is 0 Å². The van der Waals surface area contributed by atoms with E-state index < -0.39 is 0 Å². The van der Waals surface area contributed by atoms with Crippen LogP contribution in [0.15, 0.2) is 12.1 Å². The van der Waals surface area contributed by atoms with Gasteiger partial charge in [-0.25, -0.2) is 0 Å². The molecule has 2 heterocycles. The van der Waals surface area contributed by atoms with Gasteiger partial charge in [0.05, 0.1) is 0 Å². The van der Waals surface area contributed by atoms with Crippen LogP contribution in [0.2, 0.25) is 0 Å². The Balaban J connectivity index is 1.92. The molecule has 1 aliphatic rings. The molecule has 0 saturated heterocycles. The van der Waals surface area contributed by atoms with Crippen molar-refractivity contribution < 1.29 is 0 Å². The van der Waals surface area contributed by atoms with E-state index in [9.17, 15) is 0 Å². The molecule has 0 atom stereocenters. The molecule has 1 fully saturated rings. The van der Waals surface area contributed by atoms with Crippen LogP contribution in [0.3, 0.4) is 0 Å². The Kier molecular flexibility index (Phi) is 2.92. The molecule has 3 rings (SSSR count). The molecular formula is C10H13BrN6. The number of halogens is 1. The van der Waals surface area contributed by atoms with Gasteiger partial charge in [0.2, 0.25) is 0 Å². The van der Waals surface area contributed by atoms with Crippen molar-refractivity contribution in [2.45, 2.75) is 25.3 Å². The molecule has 0 aromatic carbocycles. The minimum atomic E-state index is 0.619. The monoisotopic (exact) mass is 296 g/mol. The van der Waals surface area contributed by atoms with Crippen LogP contribution >= 0.6 is 15.9 Å². The molecule has 0 spiro atoms. The third-order valence-corrected chi connectivity index (χ3v) is 3.55.